The van der Waals surface area contributed by atoms with Crippen molar-refractivity contribution in [3.63, 3.8) is 0 Å². The quantitative estimate of drug-likeness (QED) is 0.0184. The zero-order chi connectivity index (χ0) is 43.8. The van der Waals surface area contributed by atoms with E-state index in [4.69, 9.17) is 11.5 Å². The maximum Gasteiger partial charge on any atom is 0.270 e. The molecule has 1 aromatic heterocycles. The Labute approximate surface area is 370 Å². The second-order valence-corrected chi connectivity index (χ2v) is 16.7. The summed E-state index contributed by atoms with van der Waals surface area (Å²) in [5.41, 5.74) is 19.7. The maximum absolute atomic E-state index is 15.2. The second-order valence-electron chi connectivity index (χ2n) is 16.7. The van der Waals surface area contributed by atoms with Crippen LogP contribution in [0.3, 0.4) is 0 Å². The molecule has 9 nitrogen and oxygen atoms in total. The van der Waals surface area contributed by atoms with Crippen LogP contribution in [0.2, 0.25) is 0 Å². The molecule has 2 amide bonds. The number of nitrogens with two attached hydrogens (primary N) is 2. The highest BCUT2D eigenvalue weighted by Gasteiger charge is 2.33. The monoisotopic (exact) mass is 842 g/mol. The van der Waals surface area contributed by atoms with Crippen LogP contribution in [0.1, 0.15) is 133 Å². The van der Waals surface area contributed by atoms with Gasteiger partial charge >= 0.3 is 0 Å². The first-order valence-electron chi connectivity index (χ1n) is 23.2. The fourth-order valence-electron chi connectivity index (χ4n) is 8.69. The van der Waals surface area contributed by atoms with Crippen LogP contribution in [0.15, 0.2) is 121 Å². The van der Waals surface area contributed by atoms with Gasteiger partial charge in [-0.25, -0.2) is 5.48 Å². The maximum atomic E-state index is 15.2. The van der Waals surface area contributed by atoms with Crippen molar-refractivity contribution in [1.82, 2.24) is 14.9 Å². The Kier molecular flexibility index (Phi) is 20.4. The van der Waals surface area contributed by atoms with Gasteiger partial charge in [-0.15, -0.1) is 0 Å². The number of benzene rings is 4. The van der Waals surface area contributed by atoms with E-state index in [1.807, 2.05) is 77.7 Å². The minimum absolute atomic E-state index is 0.0176. The molecule has 0 unspecified atom stereocenters. The van der Waals surface area contributed by atoms with Crippen LogP contribution in [0.4, 0.5) is 0 Å². The zero-order valence-corrected chi connectivity index (χ0v) is 36.9. The van der Waals surface area contributed by atoms with Crippen molar-refractivity contribution in [2.75, 3.05) is 26.2 Å². The van der Waals surface area contributed by atoms with E-state index < -0.39 is 11.5 Å². The summed E-state index contributed by atoms with van der Waals surface area (Å²) in [6.07, 6.45) is 14.2. The number of aliphatic hydroxyl groups is 1. The Morgan fingerprint density at radius 1 is 0.581 bits per heavy atom. The van der Waals surface area contributed by atoms with Crippen molar-refractivity contribution in [3.8, 4) is 0 Å². The molecule has 5 aromatic rings. The number of aryl methyl sites for hydroxylation is 3. The molecule has 0 aliphatic carbocycles. The number of nitrogens with zero attached hydrogens (tertiary/aromatic N) is 2. The molecule has 0 atom stereocenters. The highest BCUT2D eigenvalue weighted by Crippen LogP contribution is 2.36. The summed E-state index contributed by atoms with van der Waals surface area (Å²) in [5.74, 6) is -0.507. The molecular weight excluding hydrogens is 771 g/mol. The number of rotatable bonds is 29. The van der Waals surface area contributed by atoms with Crippen LogP contribution in [-0.2, 0) is 42.6 Å². The van der Waals surface area contributed by atoms with Crippen molar-refractivity contribution in [3.05, 3.63) is 166 Å². The average Bonchev–Trinajstić information content (AvgIpc) is 3.66. The third-order valence-corrected chi connectivity index (χ3v) is 12.2. The highest BCUT2D eigenvalue weighted by atomic mass is 16.5. The van der Waals surface area contributed by atoms with Gasteiger partial charge in [-0.1, -0.05) is 154 Å². The Bertz CT molecular complexity index is 1980. The fourth-order valence-corrected chi connectivity index (χ4v) is 8.69. The molecule has 4 aromatic carbocycles. The molecule has 0 radical (unpaired) electrons. The molecule has 7 N–H and O–H groups in total. The molecule has 332 valence electrons. The largest absolute Gasteiger partial charge is 0.380 e. The number of nitrogens with one attached hydrogen (secondary N) is 1. The van der Waals surface area contributed by atoms with E-state index >= 15 is 4.79 Å². The summed E-state index contributed by atoms with van der Waals surface area (Å²) in [6.45, 7) is 3.17. The molecule has 0 saturated heterocycles. The third kappa shape index (κ3) is 14.5. The van der Waals surface area contributed by atoms with E-state index in [0.29, 0.717) is 57.7 Å². The molecule has 62 heavy (non-hydrogen) atoms. The van der Waals surface area contributed by atoms with Crippen LogP contribution in [-0.4, -0.2) is 57.8 Å². The van der Waals surface area contributed by atoms with E-state index in [1.165, 1.54) is 11.1 Å². The number of hydroxylamine groups is 1. The van der Waals surface area contributed by atoms with Gasteiger partial charge in [0.15, 0.2) is 0 Å². The predicted octanol–water partition coefficient (Wildman–Crippen LogP) is 9.28. The van der Waals surface area contributed by atoms with Crippen molar-refractivity contribution >= 4 is 11.8 Å². The van der Waals surface area contributed by atoms with Crippen LogP contribution in [0.25, 0.3) is 0 Å². The number of hydrogen-bond donors (Lipinski definition) is 5. The first-order valence-corrected chi connectivity index (χ1v) is 23.2. The summed E-state index contributed by atoms with van der Waals surface area (Å²) in [4.78, 5) is 29.8. The number of carbonyl (C=O) groups is 2. The molecular formula is C53H71N5O4. The summed E-state index contributed by atoms with van der Waals surface area (Å²) >= 11 is 0. The van der Waals surface area contributed by atoms with Crippen LogP contribution < -0.4 is 16.9 Å². The number of amides is 2. The Morgan fingerprint density at radius 3 is 1.66 bits per heavy atom. The van der Waals surface area contributed by atoms with Crippen molar-refractivity contribution < 1.29 is 19.9 Å². The summed E-state index contributed by atoms with van der Waals surface area (Å²) in [5, 5.41) is 22.3. The van der Waals surface area contributed by atoms with Gasteiger partial charge in [0, 0.05) is 31.7 Å². The van der Waals surface area contributed by atoms with Gasteiger partial charge in [0.05, 0.1) is 0 Å². The van der Waals surface area contributed by atoms with Gasteiger partial charge < -0.3 is 26.0 Å². The van der Waals surface area contributed by atoms with E-state index in [1.54, 1.807) is 5.48 Å². The van der Waals surface area contributed by atoms with Gasteiger partial charge in [-0.05, 0) is 117 Å². The molecule has 0 fully saturated rings. The van der Waals surface area contributed by atoms with Crippen LogP contribution in [0, 0.1) is 0 Å². The molecule has 1 heterocycles. The van der Waals surface area contributed by atoms with Crippen LogP contribution >= 0.6 is 0 Å². The summed E-state index contributed by atoms with van der Waals surface area (Å²) < 4.78 is 2.18. The molecule has 0 aliphatic rings. The second kappa shape index (κ2) is 26.4. The first kappa shape index (κ1) is 48.0. The van der Waals surface area contributed by atoms with Gasteiger partial charge in [-0.3, -0.25) is 14.8 Å². The van der Waals surface area contributed by atoms with E-state index in [0.717, 1.165) is 111 Å². The van der Waals surface area contributed by atoms with Crippen LogP contribution in [0.5, 0.6) is 0 Å². The third-order valence-electron chi connectivity index (χ3n) is 12.2. The lowest BCUT2D eigenvalue weighted by atomic mass is 9.82. The minimum atomic E-state index is -1.32. The topological polar surface area (TPSA) is 147 Å². The van der Waals surface area contributed by atoms with E-state index in [-0.39, 0.29) is 12.3 Å². The minimum Gasteiger partial charge on any atom is -0.380 e. The van der Waals surface area contributed by atoms with Gasteiger partial charge in [0.2, 0.25) is 5.91 Å². The molecule has 0 spiro atoms. The highest BCUT2D eigenvalue weighted by molar-refractivity contribution is 5.93. The first-order chi connectivity index (χ1) is 30.4. The molecule has 9 heteroatoms. The average molecular weight is 842 g/mol. The lowest BCUT2D eigenvalue weighted by Gasteiger charge is -2.30. The molecule has 5 rings (SSSR count). The summed E-state index contributed by atoms with van der Waals surface area (Å²) in [7, 11) is 0. The molecule has 0 aliphatic heterocycles. The zero-order valence-electron chi connectivity index (χ0n) is 36.9. The van der Waals surface area contributed by atoms with E-state index in [2.05, 4.69) is 53.1 Å². The molecule has 0 bridgehead atoms. The van der Waals surface area contributed by atoms with Gasteiger partial charge in [-0.2, -0.15) is 0 Å². The smallest absolute Gasteiger partial charge is 0.270 e. The van der Waals surface area contributed by atoms with Gasteiger partial charge in [0.1, 0.15) is 11.3 Å². The number of aromatic nitrogens is 1. The number of carbonyl (C=O) groups excluding carboxylic acids is 2. The molecule has 0 saturated carbocycles. The van der Waals surface area contributed by atoms with Crippen molar-refractivity contribution in [1.29, 1.82) is 0 Å². The number of hydrogen-bond acceptors (Lipinski definition) is 6. The predicted molar refractivity (Wildman–Crippen MR) is 251 cm³/mol. The van der Waals surface area contributed by atoms with Crippen molar-refractivity contribution in [2.24, 2.45) is 11.5 Å². The van der Waals surface area contributed by atoms with E-state index in [9.17, 15) is 15.1 Å². The lowest BCUT2D eigenvalue weighted by Crippen LogP contribution is -2.35. The normalized spacial score (nSPS) is 11.5. The van der Waals surface area contributed by atoms with Crippen molar-refractivity contribution in [2.45, 2.75) is 121 Å². The Balaban J connectivity index is 1.56. The Hall–Kier alpha value is -5.06. The summed E-state index contributed by atoms with van der Waals surface area (Å²) in [6, 6.07) is 40.6. The lowest BCUT2D eigenvalue weighted by molar-refractivity contribution is -0.129. The number of unbranched alkanes of at least 4 members (excludes halogenated alkanes) is 8. The SMILES string of the molecule is NCCCCCCCN(CCCCCCCN)C(=O)c1cc(CCC(=O)NO)c(CCC(O)(c2ccccc2)c2ccccc2)n1Cc1ccccc1CCCc1ccccc1. The fraction of sp³-hybridized carbons (Fsp3) is 0.434. The van der Waals surface area contributed by atoms with Gasteiger partial charge in [0.25, 0.3) is 5.91 Å². The standard InChI is InChI=1S/C53H71N5O4/c54-37-18-3-1-5-20-39-57(40-21-6-2-4-19-38-55)52(60)50-41-45(33-34-51(59)56-62)49(35-36-53(61,47-29-12-8-13-30-47)48-31-14-9-15-32-48)58(50)42-46-27-17-16-26-44(46)28-22-25-43-23-10-7-11-24-43/h7-17,23-24,26-27,29-32,41,61-62H,1-6,18-22,25,28,33-40,42,54-55H2,(H,56,59). The Morgan fingerprint density at radius 2 is 1.10 bits per heavy atom.